The molecule has 208 valence electrons. The van der Waals surface area contributed by atoms with Gasteiger partial charge in [0.15, 0.2) is 5.82 Å². The van der Waals surface area contributed by atoms with E-state index in [4.69, 9.17) is 9.72 Å². The van der Waals surface area contributed by atoms with Crippen molar-refractivity contribution in [2.75, 3.05) is 45.2 Å². The van der Waals surface area contributed by atoms with Gasteiger partial charge in [-0.2, -0.15) is 9.97 Å². The van der Waals surface area contributed by atoms with Crippen LogP contribution in [-0.2, 0) is 0 Å². The number of aromatic hydroxyl groups is 1. The molecule has 1 saturated carbocycles. The molecule has 2 atom stereocenters. The van der Waals surface area contributed by atoms with Gasteiger partial charge in [-0.3, -0.25) is 0 Å². The number of nitrogens with one attached hydrogen (secondary N) is 1. The van der Waals surface area contributed by atoms with Crippen molar-refractivity contribution in [3.63, 3.8) is 0 Å². The molecule has 1 aromatic heterocycles. The minimum absolute atomic E-state index is 0.0205. The van der Waals surface area contributed by atoms with Crippen LogP contribution in [0.25, 0.3) is 32.8 Å². The lowest BCUT2D eigenvalue weighted by Gasteiger charge is -2.34. The number of benzene rings is 3. The molecule has 9 heteroatoms. The van der Waals surface area contributed by atoms with Crippen molar-refractivity contribution in [3.8, 4) is 22.9 Å². The van der Waals surface area contributed by atoms with Gasteiger partial charge in [0, 0.05) is 42.5 Å². The van der Waals surface area contributed by atoms with Gasteiger partial charge in [-0.1, -0.05) is 24.3 Å². The quantitative estimate of drug-likeness (QED) is 0.335. The summed E-state index contributed by atoms with van der Waals surface area (Å²) < 4.78 is 38.6. The topological polar surface area (TPSA) is 73.8 Å². The predicted octanol–water partition coefficient (Wildman–Crippen LogP) is 5.10. The first-order chi connectivity index (χ1) is 19.3. The maximum atomic E-state index is 16.5. The van der Waals surface area contributed by atoms with Crippen LogP contribution in [0.3, 0.4) is 0 Å². The summed E-state index contributed by atoms with van der Waals surface area (Å²) in [6, 6.07) is 12.3. The molecular weight excluding hydrogens is 512 g/mol. The molecule has 2 saturated heterocycles. The molecule has 0 spiro atoms. The summed E-state index contributed by atoms with van der Waals surface area (Å²) in [5, 5.41) is 15.7. The number of phenolic OH excluding ortho intramolecular Hbond substituents is 1. The Morgan fingerprint density at radius 2 is 1.80 bits per heavy atom. The Morgan fingerprint density at radius 3 is 2.52 bits per heavy atom. The first-order valence-corrected chi connectivity index (χ1v) is 14.0. The molecule has 2 unspecified atom stereocenters. The molecule has 2 N–H and O–H groups in total. The van der Waals surface area contributed by atoms with Crippen LogP contribution in [0.1, 0.15) is 25.7 Å². The molecule has 3 heterocycles. The van der Waals surface area contributed by atoms with Gasteiger partial charge in [-0.15, -0.1) is 0 Å². The largest absolute Gasteiger partial charge is 0.508 e. The number of hydrogen-bond acceptors (Lipinski definition) is 7. The van der Waals surface area contributed by atoms with E-state index in [-0.39, 0.29) is 33.8 Å². The Balaban J connectivity index is 1.38. The number of fused-ring (bicyclic) bond motifs is 4. The average Bonchev–Trinajstić information content (AvgIpc) is 3.60. The molecule has 2 aliphatic heterocycles. The van der Waals surface area contributed by atoms with E-state index < -0.39 is 11.6 Å². The third-order valence-corrected chi connectivity index (χ3v) is 8.59. The van der Waals surface area contributed by atoms with Crippen molar-refractivity contribution >= 4 is 27.5 Å². The molecule has 7 nitrogen and oxygen atoms in total. The Labute approximate surface area is 231 Å². The number of halogens is 2. The molecule has 4 aromatic rings. The van der Waals surface area contributed by atoms with Crippen LogP contribution in [0.4, 0.5) is 14.6 Å². The Bertz CT molecular complexity index is 1610. The summed E-state index contributed by atoms with van der Waals surface area (Å²) in [5.41, 5.74) is 0.121. The number of nitrogens with zero attached hydrogens (tertiary/aromatic N) is 4. The van der Waals surface area contributed by atoms with Crippen LogP contribution in [0, 0.1) is 17.0 Å². The lowest BCUT2D eigenvalue weighted by atomic mass is 9.95. The fourth-order valence-electron chi connectivity index (χ4n) is 6.60. The Hall–Kier alpha value is -3.56. The van der Waals surface area contributed by atoms with Crippen LogP contribution >= 0.6 is 0 Å². The number of ether oxygens (including phenoxy) is 1. The van der Waals surface area contributed by atoms with Gasteiger partial charge in [0.25, 0.3) is 0 Å². The van der Waals surface area contributed by atoms with Crippen LogP contribution in [0.5, 0.6) is 11.8 Å². The zero-order chi connectivity index (χ0) is 27.6. The minimum atomic E-state index is -0.785. The SMILES string of the molecule is CN(C)CC1(COc2nc(N3CC4CCC(C3)N4)c3cc(F)c(-c4cc(O)cc5ccccc45)c(F)c3n2)CC1. The van der Waals surface area contributed by atoms with Gasteiger partial charge < -0.3 is 25.0 Å². The van der Waals surface area contributed by atoms with E-state index in [1.165, 1.54) is 12.1 Å². The Kier molecular flexibility index (Phi) is 6.05. The standard InChI is InChI=1S/C31H33F2N5O2/c1-37(2)16-31(9-10-31)17-40-30-35-28-24(29(36-30)38-14-19-7-8-20(15-38)34-19)13-25(32)26(27(28)33)23-12-21(39)11-18-5-3-4-6-22(18)23/h3-6,11-13,19-20,34,39H,7-10,14-17H2,1-2H3. The van der Waals surface area contributed by atoms with Crippen LogP contribution in [0.15, 0.2) is 42.5 Å². The summed E-state index contributed by atoms with van der Waals surface area (Å²) in [5.74, 6) is -1.07. The van der Waals surface area contributed by atoms with Crippen LogP contribution < -0.4 is 15.0 Å². The second-order valence-electron chi connectivity index (χ2n) is 12.1. The Morgan fingerprint density at radius 1 is 1.05 bits per heavy atom. The highest BCUT2D eigenvalue weighted by molar-refractivity contribution is 6.01. The van der Waals surface area contributed by atoms with Gasteiger partial charge in [-0.05, 0) is 74.3 Å². The molecule has 40 heavy (non-hydrogen) atoms. The van der Waals surface area contributed by atoms with Crippen molar-refractivity contribution in [1.29, 1.82) is 0 Å². The highest BCUT2D eigenvalue weighted by Gasteiger charge is 2.44. The normalized spacial score (nSPS) is 21.5. The molecule has 3 fully saturated rings. The molecular formula is C31H33F2N5O2. The van der Waals surface area contributed by atoms with E-state index in [9.17, 15) is 5.11 Å². The molecule has 3 aromatic carbocycles. The fourth-order valence-corrected chi connectivity index (χ4v) is 6.60. The second kappa shape index (κ2) is 9.52. The van der Waals surface area contributed by atoms with E-state index in [0.29, 0.717) is 53.8 Å². The maximum absolute atomic E-state index is 16.5. The number of aromatic nitrogens is 2. The average molecular weight is 546 g/mol. The first kappa shape index (κ1) is 25.4. The lowest BCUT2D eigenvalue weighted by Crippen LogP contribution is -2.51. The summed E-state index contributed by atoms with van der Waals surface area (Å²) in [6.07, 6.45) is 4.25. The number of phenols is 1. The van der Waals surface area contributed by atoms with Gasteiger partial charge in [0.2, 0.25) is 0 Å². The number of hydrogen-bond donors (Lipinski definition) is 2. The number of piperazine rings is 1. The van der Waals surface area contributed by atoms with Crippen molar-refractivity contribution in [2.45, 2.75) is 37.8 Å². The van der Waals surface area contributed by atoms with Crippen molar-refractivity contribution in [2.24, 2.45) is 5.41 Å². The predicted molar refractivity (Wildman–Crippen MR) is 152 cm³/mol. The monoisotopic (exact) mass is 545 g/mol. The van der Waals surface area contributed by atoms with E-state index in [1.54, 1.807) is 12.1 Å². The van der Waals surface area contributed by atoms with E-state index in [2.05, 4.69) is 20.1 Å². The maximum Gasteiger partial charge on any atom is 0.319 e. The highest BCUT2D eigenvalue weighted by Crippen LogP contribution is 2.46. The highest BCUT2D eigenvalue weighted by atomic mass is 19.1. The number of rotatable bonds is 7. The molecule has 2 bridgehead atoms. The van der Waals surface area contributed by atoms with Crippen molar-refractivity contribution in [1.82, 2.24) is 20.2 Å². The van der Waals surface area contributed by atoms with Gasteiger partial charge in [0.1, 0.15) is 22.9 Å². The zero-order valence-corrected chi connectivity index (χ0v) is 22.8. The number of anilines is 1. The molecule has 7 rings (SSSR count). The zero-order valence-electron chi connectivity index (χ0n) is 22.8. The van der Waals surface area contributed by atoms with Gasteiger partial charge >= 0.3 is 6.01 Å². The van der Waals surface area contributed by atoms with E-state index in [1.807, 2.05) is 32.3 Å². The minimum Gasteiger partial charge on any atom is -0.508 e. The molecule has 1 aliphatic carbocycles. The van der Waals surface area contributed by atoms with Crippen LogP contribution in [-0.4, -0.2) is 72.4 Å². The lowest BCUT2D eigenvalue weighted by molar-refractivity contribution is 0.183. The van der Waals surface area contributed by atoms with Crippen molar-refractivity contribution in [3.05, 3.63) is 54.1 Å². The first-order valence-electron chi connectivity index (χ1n) is 14.0. The van der Waals surface area contributed by atoms with Gasteiger partial charge in [0.05, 0.1) is 12.2 Å². The van der Waals surface area contributed by atoms with Crippen molar-refractivity contribution < 1.29 is 18.6 Å². The summed E-state index contributed by atoms with van der Waals surface area (Å²) in [4.78, 5) is 13.6. The molecule has 0 amide bonds. The smallest absolute Gasteiger partial charge is 0.319 e. The summed E-state index contributed by atoms with van der Waals surface area (Å²) >= 11 is 0. The molecule has 3 aliphatic rings. The molecule has 0 radical (unpaired) electrons. The third-order valence-electron chi connectivity index (χ3n) is 8.59. The van der Waals surface area contributed by atoms with Gasteiger partial charge in [-0.25, -0.2) is 8.78 Å². The fraction of sp³-hybridized carbons (Fsp3) is 0.419. The third kappa shape index (κ3) is 4.51. The summed E-state index contributed by atoms with van der Waals surface area (Å²) in [6.45, 7) is 2.74. The van der Waals surface area contributed by atoms with Crippen LogP contribution in [0.2, 0.25) is 0 Å². The summed E-state index contributed by atoms with van der Waals surface area (Å²) in [7, 11) is 4.08. The second-order valence-corrected chi connectivity index (χ2v) is 12.1. The van der Waals surface area contributed by atoms with E-state index >= 15 is 8.78 Å². The van der Waals surface area contributed by atoms with E-state index in [0.717, 1.165) is 32.2 Å².